The molecule has 5 aliphatic rings. The van der Waals surface area contributed by atoms with Gasteiger partial charge in [0, 0.05) is 88.9 Å². The highest BCUT2D eigenvalue weighted by Gasteiger charge is 2.62. The first-order valence-electron chi connectivity index (χ1n) is 22.3. The number of fused-ring (bicyclic) bond motifs is 2. The Morgan fingerprint density at radius 2 is 1.79 bits per heavy atom. The Morgan fingerprint density at radius 1 is 0.970 bits per heavy atom. The van der Waals surface area contributed by atoms with Crippen molar-refractivity contribution in [1.29, 1.82) is 0 Å². The number of imide groups is 1. The molecule has 5 aromatic rings. The summed E-state index contributed by atoms with van der Waals surface area (Å²) in [7, 11) is 3.49. The summed E-state index contributed by atoms with van der Waals surface area (Å²) in [6, 6.07) is 14.3. The minimum absolute atomic E-state index is 0.0238. The molecule has 1 aliphatic carbocycles. The van der Waals surface area contributed by atoms with E-state index in [4.69, 9.17) is 26.4 Å². The lowest BCUT2D eigenvalue weighted by molar-refractivity contribution is -0.220. The molecule has 1 saturated carbocycles. The number of urea groups is 1. The van der Waals surface area contributed by atoms with Crippen molar-refractivity contribution >= 4 is 63.9 Å². The van der Waals surface area contributed by atoms with Gasteiger partial charge < -0.3 is 25.2 Å². The highest BCUT2D eigenvalue weighted by atomic mass is 35.5. The van der Waals surface area contributed by atoms with E-state index in [1.807, 2.05) is 36.2 Å². The van der Waals surface area contributed by atoms with Gasteiger partial charge >= 0.3 is 6.03 Å². The number of imidazole rings is 1. The average Bonchev–Trinajstić information content (AvgIpc) is 4.06. The topological polar surface area (TPSA) is 170 Å². The molecule has 3 aromatic heterocycles. The molecule has 4 aliphatic heterocycles. The van der Waals surface area contributed by atoms with Crippen LogP contribution < -0.4 is 25.8 Å². The molecule has 0 bridgehead atoms. The third-order valence-corrected chi connectivity index (χ3v) is 14.5. The molecule has 10 rings (SSSR count). The quantitative estimate of drug-likeness (QED) is 0.146. The number of carbonyl (C=O) groups is 4. The monoisotopic (exact) mass is 921 g/mol. The SMILES string of the molecule is CNc1cc(N2CCc3c(-c4ccc(CN5CC6(CCN(C(=O)c7cc(C)c(Cl)c(N8CCC(=O)NC8=O)c7)CC6(F)F)C5)cn4)cccc32)nn2c(C(=O)NC3CCC[C@@H]3OC)cnc12. The van der Waals surface area contributed by atoms with Gasteiger partial charge in [0.2, 0.25) is 5.91 Å². The van der Waals surface area contributed by atoms with E-state index in [0.717, 1.165) is 59.4 Å². The minimum atomic E-state index is -3.13. The van der Waals surface area contributed by atoms with Crippen LogP contribution in [0.25, 0.3) is 16.9 Å². The van der Waals surface area contributed by atoms with Crippen molar-refractivity contribution in [3.63, 3.8) is 0 Å². The Kier molecular flexibility index (Phi) is 11.2. The van der Waals surface area contributed by atoms with Crippen LogP contribution in [0.5, 0.6) is 0 Å². The number of piperidine rings is 1. The third kappa shape index (κ3) is 7.57. The molecule has 16 nitrogen and oxygen atoms in total. The van der Waals surface area contributed by atoms with E-state index in [1.165, 1.54) is 15.9 Å². The number of likely N-dealkylation sites (tertiary alicyclic amines) is 2. The molecule has 1 unspecified atom stereocenters. The summed E-state index contributed by atoms with van der Waals surface area (Å²) in [5.41, 5.74) is 6.09. The van der Waals surface area contributed by atoms with Gasteiger partial charge in [-0.2, -0.15) is 0 Å². The van der Waals surface area contributed by atoms with Crippen LogP contribution in [0.1, 0.15) is 69.6 Å². The first-order chi connectivity index (χ1) is 31.8. The molecule has 4 fully saturated rings. The number of aryl methyl sites for hydroxylation is 1. The number of hydrogen-bond donors (Lipinski definition) is 3. The van der Waals surface area contributed by atoms with Crippen LogP contribution in [0, 0.1) is 12.3 Å². The summed E-state index contributed by atoms with van der Waals surface area (Å²) in [5, 5.41) is 13.8. The van der Waals surface area contributed by atoms with Crippen LogP contribution in [0.4, 0.5) is 36.5 Å². The fourth-order valence-electron chi connectivity index (χ4n) is 10.4. The Labute approximate surface area is 384 Å². The van der Waals surface area contributed by atoms with Crippen molar-refractivity contribution in [1.82, 2.24) is 40.0 Å². The van der Waals surface area contributed by atoms with Gasteiger partial charge in [0.15, 0.2) is 17.2 Å². The molecule has 2 atom stereocenters. The first-order valence-corrected chi connectivity index (χ1v) is 22.7. The zero-order valence-electron chi connectivity index (χ0n) is 36.9. The number of aromatic nitrogens is 4. The first kappa shape index (κ1) is 43.6. The molecule has 3 saturated heterocycles. The second kappa shape index (κ2) is 16.9. The van der Waals surface area contributed by atoms with Crippen LogP contribution in [0.15, 0.2) is 60.9 Å². The standard InChI is InChI=1S/C47H50ClF2N11O5/c1-27-18-29(19-36(41(27)48)60-16-13-40(62)55-45(60)65)44(64)58-17-14-46(47(49,50)26-58)24-57(25-46)23-28-10-11-32(52-21-28)30-6-4-8-35-31(30)12-15-59(35)39-20-34(51-2)42-53-22-37(61(42)56-39)43(63)54-33-7-5-9-38(33)66-3/h4,6,8,10-11,18-22,33,38,51H,5,7,9,12-17,23-26H2,1-3H3,(H,54,63)(H,55,62,65)/t33?,38-/m0/s1. The molecular formula is C47H50ClF2N11O5. The number of ether oxygens (including phenoxy) is 1. The zero-order valence-corrected chi connectivity index (χ0v) is 37.6. The van der Waals surface area contributed by atoms with Crippen LogP contribution in [0.3, 0.4) is 0 Å². The Hall–Kier alpha value is -6.24. The van der Waals surface area contributed by atoms with E-state index >= 15 is 8.78 Å². The maximum atomic E-state index is 16.1. The fraction of sp³-hybridized carbons (Fsp3) is 0.426. The summed E-state index contributed by atoms with van der Waals surface area (Å²) in [6.45, 7) is 2.71. The maximum absolute atomic E-state index is 16.1. The number of nitrogens with zero attached hydrogens (tertiary/aromatic N) is 8. The summed E-state index contributed by atoms with van der Waals surface area (Å²) in [4.78, 5) is 67.5. The number of benzene rings is 2. The van der Waals surface area contributed by atoms with Gasteiger partial charge in [-0.25, -0.2) is 23.1 Å². The van der Waals surface area contributed by atoms with Crippen molar-refractivity contribution < 1.29 is 32.7 Å². The molecule has 2 aromatic carbocycles. The highest BCUT2D eigenvalue weighted by Crippen LogP contribution is 2.51. The Balaban J connectivity index is 0.792. The van der Waals surface area contributed by atoms with E-state index < -0.39 is 35.7 Å². The number of methoxy groups -OCH3 is 1. The van der Waals surface area contributed by atoms with Crippen LogP contribution in [-0.2, 0) is 22.5 Å². The molecule has 66 heavy (non-hydrogen) atoms. The molecule has 344 valence electrons. The zero-order chi connectivity index (χ0) is 46.1. The van der Waals surface area contributed by atoms with Gasteiger partial charge in [-0.05, 0) is 80.0 Å². The Bertz CT molecular complexity index is 2780. The second-order valence-corrected chi connectivity index (χ2v) is 18.5. The van der Waals surface area contributed by atoms with Gasteiger partial charge in [-0.1, -0.05) is 29.8 Å². The van der Waals surface area contributed by atoms with Gasteiger partial charge in [0.05, 0.1) is 52.4 Å². The lowest BCUT2D eigenvalue weighted by Gasteiger charge is -2.57. The fourth-order valence-corrected chi connectivity index (χ4v) is 10.7. The molecular weight excluding hydrogens is 872 g/mol. The number of anilines is 4. The number of hydrogen-bond acceptors (Lipinski definition) is 11. The van der Waals surface area contributed by atoms with Crippen LogP contribution in [0.2, 0.25) is 5.02 Å². The van der Waals surface area contributed by atoms with Crippen molar-refractivity contribution in [2.24, 2.45) is 5.41 Å². The van der Waals surface area contributed by atoms with Crippen LogP contribution >= 0.6 is 11.6 Å². The second-order valence-electron chi connectivity index (χ2n) is 18.1. The third-order valence-electron chi connectivity index (χ3n) is 14.0. The molecule has 19 heteroatoms. The highest BCUT2D eigenvalue weighted by molar-refractivity contribution is 6.35. The van der Waals surface area contributed by atoms with Crippen molar-refractivity contribution in [2.75, 3.05) is 68.5 Å². The van der Waals surface area contributed by atoms with Gasteiger partial charge in [-0.15, -0.1) is 5.10 Å². The lowest BCUT2D eigenvalue weighted by atomic mass is 9.69. The van der Waals surface area contributed by atoms with Crippen LogP contribution in [-0.4, -0.2) is 125 Å². The van der Waals surface area contributed by atoms with Crippen molar-refractivity contribution in [3.05, 3.63) is 93.9 Å². The average molecular weight is 922 g/mol. The van der Waals surface area contributed by atoms with Gasteiger partial charge in [0.1, 0.15) is 0 Å². The number of rotatable bonds is 10. The van der Waals surface area contributed by atoms with E-state index in [1.54, 1.807) is 37.0 Å². The molecule has 0 radical (unpaired) electrons. The Morgan fingerprint density at radius 3 is 2.53 bits per heavy atom. The summed E-state index contributed by atoms with van der Waals surface area (Å²) < 4.78 is 39.4. The molecule has 3 N–H and O–H groups in total. The van der Waals surface area contributed by atoms with Gasteiger partial charge in [-0.3, -0.25) is 34.5 Å². The summed E-state index contributed by atoms with van der Waals surface area (Å²) in [6.07, 6.45) is 7.03. The van der Waals surface area contributed by atoms with E-state index in [0.29, 0.717) is 35.8 Å². The summed E-state index contributed by atoms with van der Waals surface area (Å²) >= 11 is 6.52. The van der Waals surface area contributed by atoms with Gasteiger partial charge in [0.25, 0.3) is 17.7 Å². The van der Waals surface area contributed by atoms with E-state index in [2.05, 4.69) is 38.0 Å². The normalized spacial score (nSPS) is 21.3. The molecule has 5 amide bonds. The summed E-state index contributed by atoms with van der Waals surface area (Å²) in [5.74, 6) is -3.69. The number of carbonyl (C=O) groups excluding carboxylic acids is 4. The predicted octanol–water partition coefficient (Wildman–Crippen LogP) is 6.22. The van der Waals surface area contributed by atoms with E-state index in [9.17, 15) is 19.2 Å². The molecule has 1 spiro atoms. The number of alkyl halides is 2. The van der Waals surface area contributed by atoms with E-state index in [-0.39, 0.29) is 73.3 Å². The minimum Gasteiger partial charge on any atom is -0.385 e. The van der Waals surface area contributed by atoms with Crippen molar-refractivity contribution in [2.45, 2.75) is 70.1 Å². The lowest BCUT2D eigenvalue weighted by Crippen LogP contribution is -2.70. The maximum Gasteiger partial charge on any atom is 0.328 e. The number of amides is 5. The van der Waals surface area contributed by atoms with Crippen molar-refractivity contribution in [3.8, 4) is 11.3 Å². The predicted molar refractivity (Wildman–Crippen MR) is 244 cm³/mol. The smallest absolute Gasteiger partial charge is 0.328 e. The largest absolute Gasteiger partial charge is 0.385 e. The number of pyridine rings is 1. The number of nitrogens with one attached hydrogen (secondary N) is 3. The molecule has 7 heterocycles. The number of halogens is 3.